The fourth-order valence-corrected chi connectivity index (χ4v) is 2.72. The summed E-state index contributed by atoms with van der Waals surface area (Å²) in [7, 11) is 0. The van der Waals surface area contributed by atoms with Crippen LogP contribution in [0.2, 0.25) is 0 Å². The number of likely N-dealkylation sites (tertiary alicyclic amines) is 1. The number of amides is 2. The molecule has 6 nitrogen and oxygen atoms in total. The Morgan fingerprint density at radius 1 is 1.38 bits per heavy atom. The van der Waals surface area contributed by atoms with Gasteiger partial charge < -0.3 is 20.1 Å². The van der Waals surface area contributed by atoms with Crippen LogP contribution in [-0.4, -0.2) is 41.7 Å². The molecule has 2 amide bonds. The van der Waals surface area contributed by atoms with Crippen molar-refractivity contribution in [1.82, 2.24) is 10.2 Å². The molecule has 0 bridgehead atoms. The molecule has 2 atom stereocenters. The van der Waals surface area contributed by atoms with Crippen molar-refractivity contribution < 1.29 is 19.4 Å². The largest absolute Gasteiger partial charge is 0.491 e. The van der Waals surface area contributed by atoms with Gasteiger partial charge in [-0.15, -0.1) is 0 Å². The summed E-state index contributed by atoms with van der Waals surface area (Å²) in [4.78, 5) is 24.7. The van der Waals surface area contributed by atoms with Gasteiger partial charge in [0, 0.05) is 24.6 Å². The minimum absolute atomic E-state index is 0.0420. The third kappa shape index (κ3) is 2.53. The lowest BCUT2D eigenvalue weighted by Gasteiger charge is -2.41. The fraction of sp³-hybridized carbons (Fsp3) is 0.467. The number of carbonyl (C=O) groups is 2. The molecule has 2 N–H and O–H groups in total. The molecule has 3 rings (SSSR count). The Kier molecular flexibility index (Phi) is 3.45. The monoisotopic (exact) mass is 290 g/mol. The molecular weight excluding hydrogens is 272 g/mol. The SMILES string of the molecule is CC(C(=O)O)C1CN(C(=O)NC2COc3ccccc32)C1. The molecular formula is C15H18N2O4. The van der Waals surface area contributed by atoms with Crippen LogP contribution in [0.5, 0.6) is 5.75 Å². The Morgan fingerprint density at radius 3 is 2.81 bits per heavy atom. The van der Waals surface area contributed by atoms with Gasteiger partial charge in [-0.2, -0.15) is 0 Å². The van der Waals surface area contributed by atoms with Crippen LogP contribution in [0, 0.1) is 11.8 Å². The third-order valence-electron chi connectivity index (χ3n) is 4.29. The first-order valence-corrected chi connectivity index (χ1v) is 7.06. The number of carbonyl (C=O) groups excluding carboxylic acids is 1. The van der Waals surface area contributed by atoms with Crippen LogP contribution >= 0.6 is 0 Å². The van der Waals surface area contributed by atoms with Gasteiger partial charge in [0.05, 0.1) is 12.0 Å². The maximum absolute atomic E-state index is 12.1. The predicted octanol–water partition coefficient (Wildman–Crippen LogP) is 1.48. The van der Waals surface area contributed by atoms with Gasteiger partial charge in [-0.3, -0.25) is 4.79 Å². The Labute approximate surface area is 122 Å². The highest BCUT2D eigenvalue weighted by Crippen LogP contribution is 2.32. The van der Waals surface area contributed by atoms with E-state index in [1.54, 1.807) is 11.8 Å². The Bertz CT molecular complexity index is 569. The maximum atomic E-state index is 12.1. The number of hydrogen-bond donors (Lipinski definition) is 2. The van der Waals surface area contributed by atoms with Crippen LogP contribution in [0.4, 0.5) is 4.79 Å². The first kappa shape index (κ1) is 13.7. The molecule has 0 saturated carbocycles. The summed E-state index contributed by atoms with van der Waals surface area (Å²) >= 11 is 0. The van der Waals surface area contributed by atoms with Crippen LogP contribution in [-0.2, 0) is 4.79 Å². The van der Waals surface area contributed by atoms with Crippen LogP contribution in [0.1, 0.15) is 18.5 Å². The summed E-state index contributed by atoms with van der Waals surface area (Å²) in [5, 5.41) is 11.9. The summed E-state index contributed by atoms with van der Waals surface area (Å²) in [5.41, 5.74) is 0.988. The van der Waals surface area contributed by atoms with Crippen molar-refractivity contribution in [1.29, 1.82) is 0 Å². The van der Waals surface area contributed by atoms with Crippen LogP contribution in [0.15, 0.2) is 24.3 Å². The van der Waals surface area contributed by atoms with Gasteiger partial charge in [0.25, 0.3) is 0 Å². The number of para-hydroxylation sites is 1. The minimum Gasteiger partial charge on any atom is -0.491 e. The van der Waals surface area contributed by atoms with E-state index in [2.05, 4.69) is 5.32 Å². The van der Waals surface area contributed by atoms with Crippen LogP contribution < -0.4 is 10.1 Å². The van der Waals surface area contributed by atoms with Crippen molar-refractivity contribution >= 4 is 12.0 Å². The minimum atomic E-state index is -0.807. The fourth-order valence-electron chi connectivity index (χ4n) is 2.72. The van der Waals surface area contributed by atoms with E-state index >= 15 is 0 Å². The number of aliphatic carboxylic acids is 1. The number of rotatable bonds is 3. The first-order valence-electron chi connectivity index (χ1n) is 7.06. The summed E-state index contributed by atoms with van der Waals surface area (Å²) in [5.74, 6) is -0.369. The zero-order chi connectivity index (χ0) is 15.0. The number of ether oxygens (including phenoxy) is 1. The number of carboxylic acids is 1. The van der Waals surface area contributed by atoms with Crippen LogP contribution in [0.3, 0.4) is 0 Å². The summed E-state index contributed by atoms with van der Waals surface area (Å²) in [6.07, 6.45) is 0. The molecule has 112 valence electrons. The highest BCUT2D eigenvalue weighted by molar-refractivity contribution is 5.77. The zero-order valence-electron chi connectivity index (χ0n) is 11.8. The molecule has 1 fully saturated rings. The Balaban J connectivity index is 1.54. The lowest BCUT2D eigenvalue weighted by molar-refractivity contribution is -0.144. The van der Waals surface area contributed by atoms with E-state index < -0.39 is 11.9 Å². The average Bonchev–Trinajstić information content (AvgIpc) is 2.80. The van der Waals surface area contributed by atoms with Gasteiger partial charge in [-0.05, 0) is 6.07 Å². The second-order valence-electron chi connectivity index (χ2n) is 5.64. The van der Waals surface area contributed by atoms with Gasteiger partial charge in [-0.1, -0.05) is 25.1 Å². The molecule has 6 heteroatoms. The van der Waals surface area contributed by atoms with Gasteiger partial charge in [-0.25, -0.2) is 4.79 Å². The van der Waals surface area contributed by atoms with Crippen molar-refractivity contribution in [2.45, 2.75) is 13.0 Å². The molecule has 2 aliphatic rings. The number of urea groups is 1. The van der Waals surface area contributed by atoms with E-state index in [0.717, 1.165) is 11.3 Å². The molecule has 1 saturated heterocycles. The normalized spacial score (nSPS) is 22.0. The lowest BCUT2D eigenvalue weighted by atomic mass is 9.87. The number of carboxylic acid groups (broad SMARTS) is 1. The van der Waals surface area contributed by atoms with E-state index in [1.807, 2.05) is 24.3 Å². The zero-order valence-corrected chi connectivity index (χ0v) is 11.8. The van der Waals surface area contributed by atoms with E-state index in [1.165, 1.54) is 0 Å². The van der Waals surface area contributed by atoms with Gasteiger partial charge >= 0.3 is 12.0 Å². The predicted molar refractivity (Wildman–Crippen MR) is 75.1 cm³/mol. The van der Waals surface area contributed by atoms with E-state index in [-0.39, 0.29) is 18.0 Å². The van der Waals surface area contributed by atoms with Gasteiger partial charge in [0.15, 0.2) is 0 Å². The van der Waals surface area contributed by atoms with Crippen molar-refractivity contribution in [2.24, 2.45) is 11.8 Å². The molecule has 2 aliphatic heterocycles. The number of fused-ring (bicyclic) bond motifs is 1. The molecule has 1 aromatic rings. The second-order valence-corrected chi connectivity index (χ2v) is 5.64. The summed E-state index contributed by atoms with van der Waals surface area (Å²) in [6.45, 7) is 3.11. The topological polar surface area (TPSA) is 78.9 Å². The molecule has 2 unspecified atom stereocenters. The first-order chi connectivity index (χ1) is 10.1. The van der Waals surface area contributed by atoms with Crippen LogP contribution in [0.25, 0.3) is 0 Å². The number of nitrogens with one attached hydrogen (secondary N) is 1. The number of nitrogens with zero attached hydrogens (tertiary/aromatic N) is 1. The third-order valence-corrected chi connectivity index (χ3v) is 4.29. The van der Waals surface area contributed by atoms with Crippen molar-refractivity contribution in [2.75, 3.05) is 19.7 Å². The van der Waals surface area contributed by atoms with Crippen molar-refractivity contribution in [3.05, 3.63) is 29.8 Å². The lowest BCUT2D eigenvalue weighted by Crippen LogP contribution is -2.56. The maximum Gasteiger partial charge on any atom is 0.318 e. The molecule has 1 aromatic carbocycles. The highest BCUT2D eigenvalue weighted by atomic mass is 16.5. The molecule has 0 spiro atoms. The second kappa shape index (κ2) is 5.27. The number of hydrogen-bond acceptors (Lipinski definition) is 3. The smallest absolute Gasteiger partial charge is 0.318 e. The molecule has 21 heavy (non-hydrogen) atoms. The average molecular weight is 290 g/mol. The van der Waals surface area contributed by atoms with Gasteiger partial charge in [0.1, 0.15) is 12.4 Å². The molecule has 2 heterocycles. The van der Waals surface area contributed by atoms with Crippen molar-refractivity contribution in [3.63, 3.8) is 0 Å². The van der Waals surface area contributed by atoms with Gasteiger partial charge in [0.2, 0.25) is 0 Å². The van der Waals surface area contributed by atoms with E-state index in [9.17, 15) is 9.59 Å². The molecule has 0 aromatic heterocycles. The standard InChI is InChI=1S/C15H18N2O4/c1-9(14(18)19)10-6-17(7-10)15(20)16-12-8-21-13-5-3-2-4-11(12)13/h2-5,9-10,12H,6-8H2,1H3,(H,16,20)(H,18,19). The summed E-state index contributed by atoms with van der Waals surface area (Å²) in [6, 6.07) is 7.35. The Hall–Kier alpha value is -2.24. The molecule has 0 aliphatic carbocycles. The summed E-state index contributed by atoms with van der Waals surface area (Å²) < 4.78 is 5.52. The Morgan fingerprint density at radius 2 is 2.10 bits per heavy atom. The molecule has 0 radical (unpaired) electrons. The number of benzene rings is 1. The highest BCUT2D eigenvalue weighted by Gasteiger charge is 2.38. The van der Waals surface area contributed by atoms with E-state index in [0.29, 0.717) is 19.7 Å². The van der Waals surface area contributed by atoms with E-state index in [4.69, 9.17) is 9.84 Å². The quantitative estimate of drug-likeness (QED) is 0.884. The van der Waals surface area contributed by atoms with Crippen molar-refractivity contribution in [3.8, 4) is 5.75 Å².